The molecule has 0 amide bonds. The van der Waals surface area contributed by atoms with Crippen LogP contribution >= 0.6 is 0 Å². The molecule has 6 nitrogen and oxygen atoms in total. The van der Waals surface area contributed by atoms with Gasteiger partial charge >= 0.3 is 12.1 Å². The van der Waals surface area contributed by atoms with Crippen LogP contribution < -0.4 is 11.3 Å². The third-order valence-electron chi connectivity index (χ3n) is 2.41. The molecule has 0 fully saturated rings. The first-order valence-corrected chi connectivity index (χ1v) is 4.95. The van der Waals surface area contributed by atoms with Gasteiger partial charge in [0.2, 0.25) is 0 Å². The van der Waals surface area contributed by atoms with E-state index in [0.29, 0.717) is 12.1 Å². The van der Waals surface area contributed by atoms with Gasteiger partial charge in [0.05, 0.1) is 11.3 Å². The van der Waals surface area contributed by atoms with E-state index in [2.05, 4.69) is 0 Å². The molecule has 2 atom stereocenters. The molecule has 0 aliphatic heterocycles. The SMILES string of the molecule is NNc1cc(C(F)(F)F)ccc1C(O)C(O)C(=O)O. The Morgan fingerprint density at radius 2 is 1.89 bits per heavy atom. The Labute approximate surface area is 105 Å². The summed E-state index contributed by atoms with van der Waals surface area (Å²) < 4.78 is 37.3. The number of nitrogens with one attached hydrogen (secondary N) is 1. The Kier molecular flexibility index (Phi) is 4.35. The van der Waals surface area contributed by atoms with Gasteiger partial charge in [0.15, 0.2) is 6.10 Å². The van der Waals surface area contributed by atoms with Gasteiger partial charge in [0.25, 0.3) is 0 Å². The van der Waals surface area contributed by atoms with E-state index in [1.54, 1.807) is 0 Å². The molecule has 0 aliphatic rings. The number of hydrazine groups is 1. The van der Waals surface area contributed by atoms with Crippen molar-refractivity contribution in [3.63, 3.8) is 0 Å². The summed E-state index contributed by atoms with van der Waals surface area (Å²) in [6.07, 6.45) is -8.70. The molecule has 0 saturated heterocycles. The van der Waals surface area contributed by atoms with Crippen molar-refractivity contribution in [2.45, 2.75) is 18.4 Å². The fraction of sp³-hybridized carbons (Fsp3) is 0.300. The number of halogens is 3. The molecule has 0 spiro atoms. The van der Waals surface area contributed by atoms with Crippen LogP contribution in [0.5, 0.6) is 0 Å². The maximum absolute atomic E-state index is 12.4. The van der Waals surface area contributed by atoms with Gasteiger partial charge in [-0.25, -0.2) is 4.79 Å². The number of anilines is 1. The van der Waals surface area contributed by atoms with Gasteiger partial charge in [-0.3, -0.25) is 5.84 Å². The van der Waals surface area contributed by atoms with Gasteiger partial charge in [-0.2, -0.15) is 13.2 Å². The zero-order valence-corrected chi connectivity index (χ0v) is 9.35. The number of nitrogens with two attached hydrogens (primary N) is 1. The van der Waals surface area contributed by atoms with E-state index in [4.69, 9.17) is 16.1 Å². The maximum Gasteiger partial charge on any atom is 0.416 e. The van der Waals surface area contributed by atoms with Crippen molar-refractivity contribution in [1.29, 1.82) is 0 Å². The van der Waals surface area contributed by atoms with E-state index in [-0.39, 0.29) is 11.3 Å². The molecule has 1 rings (SSSR count). The summed E-state index contributed by atoms with van der Waals surface area (Å²) in [6, 6.07) is 2.09. The lowest BCUT2D eigenvalue weighted by Crippen LogP contribution is -2.28. The van der Waals surface area contributed by atoms with E-state index in [1.807, 2.05) is 5.43 Å². The molecule has 0 saturated carbocycles. The van der Waals surface area contributed by atoms with Crippen molar-refractivity contribution in [3.8, 4) is 0 Å². The standard InChI is InChI=1S/C10H11F3N2O4/c11-10(12,13)4-1-2-5(6(3-4)15-14)7(16)8(17)9(18)19/h1-3,7-8,15-17H,14H2,(H,18,19). The van der Waals surface area contributed by atoms with Crippen LogP contribution in [-0.2, 0) is 11.0 Å². The Morgan fingerprint density at radius 1 is 1.32 bits per heavy atom. The number of rotatable bonds is 4. The second-order valence-electron chi connectivity index (χ2n) is 3.67. The first-order chi connectivity index (χ1) is 8.68. The lowest BCUT2D eigenvalue weighted by molar-refractivity contribution is -0.153. The van der Waals surface area contributed by atoms with Crippen LogP contribution in [0, 0.1) is 0 Å². The van der Waals surface area contributed by atoms with Crippen molar-refractivity contribution in [1.82, 2.24) is 0 Å². The highest BCUT2D eigenvalue weighted by Gasteiger charge is 2.33. The average molecular weight is 280 g/mol. The number of aliphatic hydroxyl groups is 2. The smallest absolute Gasteiger partial charge is 0.416 e. The average Bonchev–Trinajstić information content (AvgIpc) is 2.34. The van der Waals surface area contributed by atoms with Crippen molar-refractivity contribution < 1.29 is 33.3 Å². The number of aliphatic hydroxyl groups excluding tert-OH is 2. The monoisotopic (exact) mass is 280 g/mol. The summed E-state index contributed by atoms with van der Waals surface area (Å²) in [6.45, 7) is 0. The molecule has 6 N–H and O–H groups in total. The Bertz CT molecular complexity index is 478. The number of carboxylic acid groups (broad SMARTS) is 1. The van der Waals surface area contributed by atoms with Gasteiger partial charge < -0.3 is 20.7 Å². The molecule has 1 aromatic rings. The quantitative estimate of drug-likeness (QED) is 0.404. The third-order valence-corrected chi connectivity index (χ3v) is 2.41. The first-order valence-electron chi connectivity index (χ1n) is 4.95. The number of nitrogen functional groups attached to an aromatic ring is 1. The summed E-state index contributed by atoms with van der Waals surface area (Å²) in [5, 5.41) is 27.2. The van der Waals surface area contributed by atoms with Crippen LogP contribution in [0.3, 0.4) is 0 Å². The molecule has 9 heteroatoms. The van der Waals surface area contributed by atoms with Crippen LogP contribution in [0.25, 0.3) is 0 Å². The molecule has 0 heterocycles. The van der Waals surface area contributed by atoms with Crippen molar-refractivity contribution in [2.75, 3.05) is 5.43 Å². The normalized spacial score (nSPS) is 14.8. The predicted molar refractivity (Wildman–Crippen MR) is 57.9 cm³/mol. The second-order valence-corrected chi connectivity index (χ2v) is 3.67. The maximum atomic E-state index is 12.4. The summed E-state index contributed by atoms with van der Waals surface area (Å²) in [4.78, 5) is 10.5. The van der Waals surface area contributed by atoms with E-state index >= 15 is 0 Å². The van der Waals surface area contributed by atoms with Crippen LogP contribution in [0.4, 0.5) is 18.9 Å². The van der Waals surface area contributed by atoms with E-state index in [0.717, 1.165) is 6.07 Å². The molecular weight excluding hydrogens is 269 g/mol. The number of hydrogen-bond acceptors (Lipinski definition) is 5. The number of hydrogen-bond donors (Lipinski definition) is 5. The summed E-state index contributed by atoms with van der Waals surface area (Å²) in [7, 11) is 0. The van der Waals surface area contributed by atoms with Crippen LogP contribution in [0.15, 0.2) is 18.2 Å². The Hall–Kier alpha value is -1.84. The number of alkyl halides is 3. The third kappa shape index (κ3) is 3.34. The van der Waals surface area contributed by atoms with Gasteiger partial charge in [-0.1, -0.05) is 6.07 Å². The van der Waals surface area contributed by atoms with Crippen molar-refractivity contribution in [3.05, 3.63) is 29.3 Å². The largest absolute Gasteiger partial charge is 0.479 e. The Morgan fingerprint density at radius 3 is 2.32 bits per heavy atom. The predicted octanol–water partition coefficient (Wildman–Crippen LogP) is 0.470. The van der Waals surface area contributed by atoms with Crippen molar-refractivity contribution in [2.24, 2.45) is 5.84 Å². The molecule has 0 aliphatic carbocycles. The number of carbonyl (C=O) groups is 1. The second kappa shape index (κ2) is 5.43. The van der Waals surface area contributed by atoms with E-state index in [1.165, 1.54) is 0 Å². The van der Waals surface area contributed by atoms with Gasteiger partial charge in [0.1, 0.15) is 6.10 Å². The zero-order chi connectivity index (χ0) is 14.8. The molecule has 1 aromatic carbocycles. The van der Waals surface area contributed by atoms with E-state index < -0.39 is 29.9 Å². The van der Waals surface area contributed by atoms with E-state index in [9.17, 15) is 23.1 Å². The van der Waals surface area contributed by atoms with Crippen molar-refractivity contribution >= 4 is 11.7 Å². The molecule has 106 valence electrons. The molecule has 2 unspecified atom stereocenters. The summed E-state index contributed by atoms with van der Waals surface area (Å²) in [5.74, 6) is 3.31. The highest BCUT2D eigenvalue weighted by Crippen LogP contribution is 2.34. The molecule has 0 bridgehead atoms. The van der Waals surface area contributed by atoms with Crippen LogP contribution in [0.2, 0.25) is 0 Å². The topological polar surface area (TPSA) is 116 Å². The lowest BCUT2D eigenvalue weighted by Gasteiger charge is -2.19. The van der Waals surface area contributed by atoms with Gasteiger partial charge in [-0.15, -0.1) is 0 Å². The highest BCUT2D eigenvalue weighted by atomic mass is 19.4. The molecular formula is C10H11F3N2O4. The number of aliphatic carboxylic acids is 1. The summed E-state index contributed by atoms with van der Waals surface area (Å²) >= 11 is 0. The number of benzene rings is 1. The minimum absolute atomic E-state index is 0.259. The summed E-state index contributed by atoms with van der Waals surface area (Å²) in [5.41, 5.74) is 0.302. The first kappa shape index (κ1) is 15.2. The zero-order valence-electron chi connectivity index (χ0n) is 9.35. The van der Waals surface area contributed by atoms with Gasteiger partial charge in [-0.05, 0) is 12.1 Å². The molecule has 19 heavy (non-hydrogen) atoms. The lowest BCUT2D eigenvalue weighted by atomic mass is 10.0. The van der Waals surface area contributed by atoms with Crippen LogP contribution in [0.1, 0.15) is 17.2 Å². The minimum atomic E-state index is -4.61. The molecule has 0 radical (unpaired) electrons. The van der Waals surface area contributed by atoms with Gasteiger partial charge in [0, 0.05) is 5.56 Å². The Balaban J connectivity index is 3.20. The number of carboxylic acids is 1. The fourth-order valence-corrected chi connectivity index (χ4v) is 1.42. The minimum Gasteiger partial charge on any atom is -0.479 e. The highest BCUT2D eigenvalue weighted by molar-refractivity contribution is 5.73. The fourth-order valence-electron chi connectivity index (χ4n) is 1.42. The molecule has 0 aromatic heterocycles. The van der Waals surface area contributed by atoms with Crippen LogP contribution in [-0.4, -0.2) is 27.4 Å².